The number of carbonyl (C=O) groups excluding carboxylic acids is 2. The van der Waals surface area contributed by atoms with Crippen molar-refractivity contribution in [2.75, 3.05) is 59.0 Å². The Morgan fingerprint density at radius 2 is 1.49 bits per heavy atom. The summed E-state index contributed by atoms with van der Waals surface area (Å²) in [6, 6.07) is 10.7. The van der Waals surface area contributed by atoms with Gasteiger partial charge in [0.25, 0.3) is 5.91 Å². The zero-order chi connectivity index (χ0) is 24.9. The zero-order valence-electron chi connectivity index (χ0n) is 20.2. The van der Waals surface area contributed by atoms with E-state index in [1.54, 1.807) is 24.0 Å². The van der Waals surface area contributed by atoms with Gasteiger partial charge in [-0.1, -0.05) is 12.1 Å². The van der Waals surface area contributed by atoms with E-state index < -0.39 is 5.97 Å². The van der Waals surface area contributed by atoms with Crippen LogP contribution in [0.2, 0.25) is 0 Å². The fourth-order valence-corrected chi connectivity index (χ4v) is 4.06. The van der Waals surface area contributed by atoms with E-state index in [2.05, 4.69) is 4.98 Å². The lowest BCUT2D eigenvalue weighted by atomic mass is 10.1. The van der Waals surface area contributed by atoms with Gasteiger partial charge in [0.1, 0.15) is 0 Å². The van der Waals surface area contributed by atoms with Crippen molar-refractivity contribution >= 4 is 28.7 Å². The Labute approximate surface area is 203 Å². The second-order valence-electron chi connectivity index (χ2n) is 7.80. The number of fused-ring (bicyclic) bond motifs is 1. The Morgan fingerprint density at radius 1 is 0.886 bits per heavy atom. The number of aromatic nitrogens is 2. The van der Waals surface area contributed by atoms with Crippen molar-refractivity contribution in [3.05, 3.63) is 47.7 Å². The highest BCUT2D eigenvalue weighted by Crippen LogP contribution is 2.38. The van der Waals surface area contributed by atoms with Crippen molar-refractivity contribution in [3.63, 3.8) is 0 Å². The van der Waals surface area contributed by atoms with Gasteiger partial charge in [-0.25, -0.2) is 14.8 Å². The standard InChI is InChI=1S/C25H28N4O6/c1-5-35-25(31)21-23(27-18-9-7-6-8-17(18)26-21)28-10-12-29(13-11-28)24(30)16-14-19(32-2)22(34-4)20(15-16)33-3/h6-9,14-15H,5,10-13H2,1-4H3. The summed E-state index contributed by atoms with van der Waals surface area (Å²) in [7, 11) is 4.54. The predicted octanol–water partition coefficient (Wildman–Crippen LogP) is 2.79. The van der Waals surface area contributed by atoms with Crippen molar-refractivity contribution in [1.29, 1.82) is 0 Å². The zero-order valence-corrected chi connectivity index (χ0v) is 20.2. The number of carbonyl (C=O) groups is 2. The van der Waals surface area contributed by atoms with Crippen LogP contribution >= 0.6 is 0 Å². The first kappa shape index (κ1) is 24.1. The first-order chi connectivity index (χ1) is 17.0. The van der Waals surface area contributed by atoms with Gasteiger partial charge >= 0.3 is 5.97 Å². The molecule has 0 N–H and O–H groups in total. The van der Waals surface area contributed by atoms with Crippen LogP contribution in [0.1, 0.15) is 27.8 Å². The molecular formula is C25H28N4O6. The van der Waals surface area contributed by atoms with E-state index in [1.807, 2.05) is 29.2 Å². The van der Waals surface area contributed by atoms with Crippen LogP contribution in [0.3, 0.4) is 0 Å². The summed E-state index contributed by atoms with van der Waals surface area (Å²) in [6.07, 6.45) is 0. The van der Waals surface area contributed by atoms with Crippen LogP contribution in [0.4, 0.5) is 5.82 Å². The van der Waals surface area contributed by atoms with Gasteiger partial charge in [-0.05, 0) is 31.2 Å². The molecule has 0 bridgehead atoms. The number of esters is 1. The predicted molar refractivity (Wildman–Crippen MR) is 130 cm³/mol. The van der Waals surface area contributed by atoms with Crippen LogP contribution in [0.15, 0.2) is 36.4 Å². The number of para-hydroxylation sites is 2. The SMILES string of the molecule is CCOC(=O)c1nc2ccccc2nc1N1CCN(C(=O)c2cc(OC)c(OC)c(OC)c2)CC1. The average molecular weight is 481 g/mol. The lowest BCUT2D eigenvalue weighted by molar-refractivity contribution is 0.0519. The minimum Gasteiger partial charge on any atom is -0.493 e. The van der Waals surface area contributed by atoms with Crippen LogP contribution in [0, 0.1) is 0 Å². The van der Waals surface area contributed by atoms with E-state index in [0.717, 1.165) is 0 Å². The molecule has 3 aromatic rings. The van der Waals surface area contributed by atoms with E-state index in [4.69, 9.17) is 23.9 Å². The average Bonchev–Trinajstić information content (AvgIpc) is 2.91. The normalized spacial score (nSPS) is 13.5. The largest absolute Gasteiger partial charge is 0.493 e. The van der Waals surface area contributed by atoms with Crippen molar-refractivity contribution < 1.29 is 28.5 Å². The summed E-state index contributed by atoms with van der Waals surface area (Å²) in [5, 5.41) is 0. The Hall–Kier alpha value is -4.08. The molecule has 0 spiro atoms. The third-order valence-corrected chi connectivity index (χ3v) is 5.80. The number of piperazine rings is 1. The van der Waals surface area contributed by atoms with Crippen molar-refractivity contribution in [3.8, 4) is 17.2 Å². The second kappa shape index (κ2) is 10.5. The number of benzene rings is 2. The maximum Gasteiger partial charge on any atom is 0.360 e. The number of hydrogen-bond donors (Lipinski definition) is 0. The van der Waals surface area contributed by atoms with E-state index in [-0.39, 0.29) is 18.2 Å². The van der Waals surface area contributed by atoms with Gasteiger partial charge in [0.05, 0.1) is 39.0 Å². The highest BCUT2D eigenvalue weighted by Gasteiger charge is 2.28. The number of hydrogen-bond acceptors (Lipinski definition) is 9. The van der Waals surface area contributed by atoms with Gasteiger partial charge in [0.15, 0.2) is 23.0 Å². The van der Waals surface area contributed by atoms with Crippen LogP contribution in [-0.2, 0) is 4.74 Å². The summed E-state index contributed by atoms with van der Waals surface area (Å²) in [5.74, 6) is 1.05. The van der Waals surface area contributed by atoms with E-state index in [0.29, 0.717) is 65.8 Å². The smallest absolute Gasteiger partial charge is 0.360 e. The Bertz CT molecular complexity index is 1210. The first-order valence-corrected chi connectivity index (χ1v) is 11.3. The highest BCUT2D eigenvalue weighted by molar-refractivity contribution is 5.97. The third kappa shape index (κ3) is 4.77. The molecular weight excluding hydrogens is 452 g/mol. The Morgan fingerprint density at radius 3 is 2.03 bits per heavy atom. The summed E-state index contributed by atoms with van der Waals surface area (Å²) < 4.78 is 21.3. The molecule has 10 heteroatoms. The molecule has 35 heavy (non-hydrogen) atoms. The van der Waals surface area contributed by atoms with Gasteiger partial charge in [0, 0.05) is 31.7 Å². The Balaban J connectivity index is 1.57. The summed E-state index contributed by atoms with van der Waals surface area (Å²) in [5.41, 5.74) is 1.92. The molecule has 1 saturated heterocycles. The van der Waals surface area contributed by atoms with Crippen LogP contribution in [0.25, 0.3) is 11.0 Å². The molecule has 184 valence electrons. The highest BCUT2D eigenvalue weighted by atomic mass is 16.5. The number of methoxy groups -OCH3 is 3. The van der Waals surface area contributed by atoms with Crippen LogP contribution < -0.4 is 19.1 Å². The van der Waals surface area contributed by atoms with Gasteiger partial charge in [-0.3, -0.25) is 4.79 Å². The maximum atomic E-state index is 13.3. The first-order valence-electron chi connectivity index (χ1n) is 11.3. The quantitative estimate of drug-likeness (QED) is 0.472. The minimum absolute atomic E-state index is 0.154. The topological polar surface area (TPSA) is 103 Å². The monoisotopic (exact) mass is 480 g/mol. The second-order valence-corrected chi connectivity index (χ2v) is 7.80. The number of ether oxygens (including phenoxy) is 4. The number of rotatable bonds is 7. The van der Waals surface area contributed by atoms with Crippen molar-refractivity contribution in [2.24, 2.45) is 0 Å². The fourth-order valence-electron chi connectivity index (χ4n) is 4.06. The van der Waals surface area contributed by atoms with E-state index in [9.17, 15) is 9.59 Å². The van der Waals surface area contributed by atoms with E-state index >= 15 is 0 Å². The molecule has 2 aromatic carbocycles. The van der Waals surface area contributed by atoms with Gasteiger partial charge < -0.3 is 28.7 Å². The molecule has 10 nitrogen and oxygen atoms in total. The molecule has 0 unspecified atom stereocenters. The molecule has 0 radical (unpaired) electrons. The van der Waals surface area contributed by atoms with E-state index in [1.165, 1.54) is 21.3 Å². The lowest BCUT2D eigenvalue weighted by Crippen LogP contribution is -2.49. The Kier molecular flexibility index (Phi) is 7.19. The minimum atomic E-state index is -0.517. The van der Waals surface area contributed by atoms with Crippen LogP contribution in [0.5, 0.6) is 17.2 Å². The maximum absolute atomic E-state index is 13.3. The molecule has 4 rings (SSSR count). The molecule has 1 aliphatic rings. The number of nitrogens with zero attached hydrogens (tertiary/aromatic N) is 4. The molecule has 1 aromatic heterocycles. The van der Waals surface area contributed by atoms with Gasteiger partial charge in [-0.2, -0.15) is 0 Å². The number of amides is 1. The summed E-state index contributed by atoms with van der Waals surface area (Å²) in [6.45, 7) is 3.83. The molecule has 1 fully saturated rings. The van der Waals surface area contributed by atoms with Gasteiger partial charge in [0.2, 0.25) is 5.75 Å². The molecule has 2 heterocycles. The molecule has 1 aliphatic heterocycles. The fraction of sp³-hybridized carbons (Fsp3) is 0.360. The van der Waals surface area contributed by atoms with Crippen molar-refractivity contribution in [2.45, 2.75) is 6.92 Å². The molecule has 0 aliphatic carbocycles. The van der Waals surface area contributed by atoms with Gasteiger partial charge in [-0.15, -0.1) is 0 Å². The molecule has 0 saturated carbocycles. The number of anilines is 1. The third-order valence-electron chi connectivity index (χ3n) is 5.80. The summed E-state index contributed by atoms with van der Waals surface area (Å²) in [4.78, 5) is 38.8. The summed E-state index contributed by atoms with van der Waals surface area (Å²) >= 11 is 0. The lowest BCUT2D eigenvalue weighted by Gasteiger charge is -2.36. The molecule has 1 amide bonds. The van der Waals surface area contributed by atoms with Crippen molar-refractivity contribution in [1.82, 2.24) is 14.9 Å². The van der Waals surface area contributed by atoms with Crippen LogP contribution in [-0.4, -0.2) is 80.9 Å². The molecule has 0 atom stereocenters.